The van der Waals surface area contributed by atoms with Gasteiger partial charge in [0.15, 0.2) is 6.20 Å². The van der Waals surface area contributed by atoms with Crippen molar-refractivity contribution in [2.75, 3.05) is 0 Å². The van der Waals surface area contributed by atoms with Crippen molar-refractivity contribution in [2.45, 2.75) is 33.4 Å². The highest BCUT2D eigenvalue weighted by atomic mass is 28.3. The number of aromatic nitrogens is 1. The summed E-state index contributed by atoms with van der Waals surface area (Å²) in [6, 6.07) is 6.66. The minimum Gasteiger partial charge on any atom is -0.206 e. The second-order valence-corrected chi connectivity index (χ2v) is 11.4. The average Bonchev–Trinajstić information content (AvgIpc) is 2.37. The number of halogens is 1. The molecule has 0 saturated heterocycles. The van der Waals surface area contributed by atoms with Crippen molar-refractivity contribution in [3.05, 3.63) is 47.4 Å². The minimum absolute atomic E-state index is 0.0395. The molecule has 0 radical (unpaired) electrons. The molecule has 2 aromatic rings. The van der Waals surface area contributed by atoms with Crippen molar-refractivity contribution in [2.24, 2.45) is 7.05 Å². The molecular weight excluding hydrogens is 265 g/mol. The first-order chi connectivity index (χ1) is 10.4. The van der Waals surface area contributed by atoms with Crippen LogP contribution in [0.15, 0.2) is 30.5 Å². The zero-order valence-electron chi connectivity index (χ0n) is 15.7. The summed E-state index contributed by atoms with van der Waals surface area (Å²) in [7, 11) is 0.460. The van der Waals surface area contributed by atoms with E-state index in [9.17, 15) is 4.39 Å². The summed E-state index contributed by atoms with van der Waals surface area (Å²) in [6.07, 6.45) is 2.05. The number of aryl methyl sites for hydroxylation is 3. The van der Waals surface area contributed by atoms with E-state index in [1.165, 1.54) is 5.19 Å². The van der Waals surface area contributed by atoms with Gasteiger partial charge in [-0.05, 0) is 31.0 Å². The molecule has 1 aromatic heterocycles. The lowest BCUT2D eigenvalue weighted by Gasteiger charge is -2.15. The Hall–Kier alpha value is -1.48. The van der Waals surface area contributed by atoms with E-state index in [1.54, 1.807) is 13.0 Å². The van der Waals surface area contributed by atoms with E-state index in [0.717, 1.165) is 11.8 Å². The predicted molar refractivity (Wildman–Crippen MR) is 85.5 cm³/mol. The number of rotatable bonds is 2. The first-order valence-corrected chi connectivity index (χ1v) is 10.2. The van der Waals surface area contributed by atoms with Crippen molar-refractivity contribution >= 4 is 13.3 Å². The molecule has 0 unspecified atom stereocenters. The first kappa shape index (κ1) is 11.2. The third-order valence-electron chi connectivity index (χ3n) is 3.54. The van der Waals surface area contributed by atoms with Crippen molar-refractivity contribution in [1.82, 2.24) is 0 Å². The maximum absolute atomic E-state index is 14.6. The Bertz CT molecular complexity index is 725. The van der Waals surface area contributed by atoms with Crippen LogP contribution in [0, 0.1) is 19.6 Å². The molecule has 0 spiro atoms. The van der Waals surface area contributed by atoms with Gasteiger partial charge in [0.1, 0.15) is 12.9 Å². The number of hydrogen-bond acceptors (Lipinski definition) is 0. The highest BCUT2D eigenvalue weighted by molar-refractivity contribution is 6.88. The lowest BCUT2D eigenvalue weighted by molar-refractivity contribution is -0.659. The molecule has 0 amide bonds. The van der Waals surface area contributed by atoms with Gasteiger partial charge in [0.2, 0.25) is 5.69 Å². The van der Waals surface area contributed by atoms with Crippen LogP contribution in [-0.4, -0.2) is 8.07 Å². The summed E-state index contributed by atoms with van der Waals surface area (Å²) in [6.45, 7) is 6.24. The lowest BCUT2D eigenvalue weighted by Crippen LogP contribution is -2.45. The molecule has 20 heavy (non-hydrogen) atoms. The Labute approximate surface area is 126 Å². The fourth-order valence-electron chi connectivity index (χ4n) is 2.38. The van der Waals surface area contributed by atoms with Gasteiger partial charge in [0.05, 0.1) is 13.6 Å². The maximum Gasteiger partial charge on any atom is 0.215 e. The molecule has 0 aliphatic carbocycles. The van der Waals surface area contributed by atoms with E-state index < -0.39 is 20.7 Å². The summed E-state index contributed by atoms with van der Waals surface area (Å²) in [4.78, 5) is 0. The fourth-order valence-corrected chi connectivity index (χ4v) is 3.54. The van der Waals surface area contributed by atoms with E-state index in [0.29, 0.717) is 11.1 Å². The molecular formula is C17H23FNSi+. The Morgan fingerprint density at radius 1 is 1.20 bits per heavy atom. The smallest absolute Gasteiger partial charge is 0.206 e. The summed E-state index contributed by atoms with van der Waals surface area (Å²) in [5, 5.41) is 1.29. The van der Waals surface area contributed by atoms with Crippen molar-refractivity contribution in [1.29, 1.82) is 0 Å². The van der Waals surface area contributed by atoms with Crippen molar-refractivity contribution in [3.63, 3.8) is 0 Å². The Morgan fingerprint density at radius 3 is 2.40 bits per heavy atom. The first-order valence-electron chi connectivity index (χ1n) is 8.22. The Morgan fingerprint density at radius 2 is 1.90 bits per heavy atom. The van der Waals surface area contributed by atoms with Gasteiger partial charge in [0, 0.05) is 15.4 Å². The summed E-state index contributed by atoms with van der Waals surface area (Å²) < 4.78 is 38.9. The molecule has 1 nitrogen and oxygen atoms in total. The molecule has 0 bridgehead atoms. The van der Waals surface area contributed by atoms with E-state index >= 15 is 0 Å². The van der Waals surface area contributed by atoms with E-state index in [-0.39, 0.29) is 5.56 Å². The standard InChI is InChI=1S/C17H23FNSi/c1-12-9-13(2)17(15(18)10-12)16-8-7-14(11-19(16)3)20(4,5)6/h7-11H,1-6H3/q+1/i1D3. The average molecular weight is 291 g/mol. The molecule has 0 aliphatic heterocycles. The van der Waals surface area contributed by atoms with Gasteiger partial charge in [-0.2, -0.15) is 0 Å². The summed E-state index contributed by atoms with van der Waals surface area (Å²) in [5.41, 5.74) is 1.88. The molecule has 3 heteroatoms. The van der Waals surface area contributed by atoms with Crippen LogP contribution in [0.4, 0.5) is 4.39 Å². The zero-order chi connectivity index (χ0) is 17.6. The Kier molecular flexibility index (Phi) is 2.88. The number of benzene rings is 1. The van der Waals surface area contributed by atoms with Gasteiger partial charge in [0.25, 0.3) is 0 Å². The molecule has 0 N–H and O–H groups in total. The molecule has 2 rings (SSSR count). The molecule has 1 heterocycles. The third-order valence-corrected chi connectivity index (χ3v) is 5.57. The predicted octanol–water partition coefficient (Wildman–Crippen LogP) is 3.48. The fraction of sp³-hybridized carbons (Fsp3) is 0.353. The number of hydrogen-bond donors (Lipinski definition) is 0. The van der Waals surface area contributed by atoms with Gasteiger partial charge in [-0.3, -0.25) is 0 Å². The Balaban J connectivity index is 2.60. The summed E-state index contributed by atoms with van der Waals surface area (Å²) >= 11 is 0. The molecule has 0 aliphatic rings. The van der Waals surface area contributed by atoms with Gasteiger partial charge in [-0.15, -0.1) is 0 Å². The van der Waals surface area contributed by atoms with Crippen LogP contribution < -0.4 is 9.75 Å². The van der Waals surface area contributed by atoms with Crippen LogP contribution in [-0.2, 0) is 7.05 Å². The molecule has 0 fully saturated rings. The number of pyridine rings is 1. The molecule has 1 aromatic carbocycles. The molecule has 106 valence electrons. The van der Waals surface area contributed by atoms with Crippen LogP contribution in [0.3, 0.4) is 0 Å². The van der Waals surface area contributed by atoms with Gasteiger partial charge >= 0.3 is 0 Å². The quantitative estimate of drug-likeness (QED) is 0.589. The topological polar surface area (TPSA) is 3.88 Å². The molecule has 0 atom stereocenters. The monoisotopic (exact) mass is 291 g/mol. The van der Waals surface area contributed by atoms with Gasteiger partial charge in [-0.1, -0.05) is 31.8 Å². The van der Waals surface area contributed by atoms with Crippen LogP contribution in [0.5, 0.6) is 0 Å². The largest absolute Gasteiger partial charge is 0.215 e. The van der Waals surface area contributed by atoms with Crippen LogP contribution >= 0.6 is 0 Å². The SMILES string of the molecule is [2H]C([2H])([2H])c1cc(C)c(-c2ccc([Si](C)(C)C)c[n+]2C)c(F)c1. The van der Waals surface area contributed by atoms with Crippen LogP contribution in [0.2, 0.25) is 19.6 Å². The van der Waals surface area contributed by atoms with E-state index in [2.05, 4.69) is 31.9 Å². The second kappa shape index (κ2) is 5.13. The highest BCUT2D eigenvalue weighted by Crippen LogP contribution is 2.25. The normalized spacial score (nSPS) is 14.6. The van der Waals surface area contributed by atoms with Crippen molar-refractivity contribution in [3.8, 4) is 11.3 Å². The number of nitrogens with zero attached hydrogens (tertiary/aromatic N) is 1. The van der Waals surface area contributed by atoms with E-state index in [4.69, 9.17) is 4.11 Å². The minimum atomic E-state index is -2.30. The van der Waals surface area contributed by atoms with Crippen molar-refractivity contribution < 1.29 is 13.1 Å². The molecule has 0 saturated carbocycles. The van der Waals surface area contributed by atoms with Crippen LogP contribution in [0.1, 0.15) is 15.2 Å². The van der Waals surface area contributed by atoms with Gasteiger partial charge in [-0.25, -0.2) is 8.96 Å². The van der Waals surface area contributed by atoms with Crippen LogP contribution in [0.25, 0.3) is 11.3 Å². The third kappa shape index (κ3) is 2.83. The zero-order valence-corrected chi connectivity index (χ0v) is 13.7. The maximum atomic E-state index is 14.6. The van der Waals surface area contributed by atoms with E-state index in [1.807, 2.05) is 17.7 Å². The summed E-state index contributed by atoms with van der Waals surface area (Å²) in [5.74, 6) is -0.493. The van der Waals surface area contributed by atoms with Gasteiger partial charge < -0.3 is 0 Å². The highest BCUT2D eigenvalue weighted by Gasteiger charge is 2.23. The second-order valence-electron chi connectivity index (χ2n) is 6.31. The lowest BCUT2D eigenvalue weighted by atomic mass is 10.0.